The van der Waals surface area contributed by atoms with E-state index < -0.39 is 0 Å². The highest BCUT2D eigenvalue weighted by molar-refractivity contribution is 7.22. The summed E-state index contributed by atoms with van der Waals surface area (Å²) in [5.41, 5.74) is 8.25. The number of para-hydroxylation sites is 1. The lowest BCUT2D eigenvalue weighted by atomic mass is 10.1. The summed E-state index contributed by atoms with van der Waals surface area (Å²) in [4.78, 5) is 16.4. The Hall–Kier alpha value is -2.44. The number of fused-ring (bicyclic) bond motifs is 1. The first-order chi connectivity index (χ1) is 10.2. The Balaban J connectivity index is 1.89. The second kappa shape index (κ2) is 5.51. The molecule has 0 fully saturated rings. The topological polar surface area (TPSA) is 88.2 Å². The molecular weight excluding hydrogens is 286 g/mol. The number of nitrogens with two attached hydrogens (primary N) is 1. The Morgan fingerprint density at radius 3 is 2.90 bits per heavy atom. The molecule has 0 unspecified atom stereocenters. The van der Waals surface area contributed by atoms with E-state index >= 15 is 0 Å². The van der Waals surface area contributed by atoms with E-state index in [1.807, 2.05) is 12.1 Å². The minimum Gasteiger partial charge on any atom is -0.392 e. The normalized spacial score (nSPS) is 10.7. The average molecular weight is 299 g/mol. The van der Waals surface area contributed by atoms with Gasteiger partial charge in [-0.3, -0.25) is 4.79 Å². The van der Waals surface area contributed by atoms with E-state index in [0.717, 1.165) is 10.2 Å². The molecule has 1 heterocycles. The van der Waals surface area contributed by atoms with Gasteiger partial charge in [0.2, 0.25) is 0 Å². The molecule has 4 N–H and O–H groups in total. The molecule has 0 aliphatic rings. The maximum atomic E-state index is 12.3. The van der Waals surface area contributed by atoms with Crippen molar-refractivity contribution in [2.24, 2.45) is 0 Å². The van der Waals surface area contributed by atoms with Crippen LogP contribution in [-0.2, 0) is 6.61 Å². The van der Waals surface area contributed by atoms with Gasteiger partial charge in [0.25, 0.3) is 5.91 Å². The number of thiazole rings is 1. The number of aliphatic hydroxyl groups excluding tert-OH is 1. The predicted molar refractivity (Wildman–Crippen MR) is 84.4 cm³/mol. The molecule has 0 aliphatic carbocycles. The zero-order valence-corrected chi connectivity index (χ0v) is 11.9. The van der Waals surface area contributed by atoms with Gasteiger partial charge in [-0.1, -0.05) is 29.5 Å². The molecule has 0 saturated heterocycles. The summed E-state index contributed by atoms with van der Waals surface area (Å²) in [7, 11) is 0. The third kappa shape index (κ3) is 2.72. The fraction of sp³-hybridized carbons (Fsp3) is 0.0667. The highest BCUT2D eigenvalue weighted by Gasteiger charge is 2.10. The number of hydrogen-bond donors (Lipinski definition) is 3. The van der Waals surface area contributed by atoms with Crippen LogP contribution < -0.4 is 11.1 Å². The number of carbonyl (C=O) groups is 1. The molecule has 3 rings (SSSR count). The number of amides is 1. The van der Waals surface area contributed by atoms with E-state index in [9.17, 15) is 9.90 Å². The Kier molecular flexibility index (Phi) is 3.55. The zero-order valence-electron chi connectivity index (χ0n) is 11.0. The van der Waals surface area contributed by atoms with E-state index in [0.29, 0.717) is 21.9 Å². The number of carbonyl (C=O) groups excluding carboxylic acids is 1. The molecule has 0 aliphatic heterocycles. The van der Waals surface area contributed by atoms with Crippen LogP contribution in [-0.4, -0.2) is 16.0 Å². The summed E-state index contributed by atoms with van der Waals surface area (Å²) >= 11 is 1.34. The lowest BCUT2D eigenvalue weighted by Crippen LogP contribution is -2.13. The Labute approximate surface area is 125 Å². The minimum absolute atomic E-state index is 0.124. The summed E-state index contributed by atoms with van der Waals surface area (Å²) in [6.45, 7) is -0.124. The van der Waals surface area contributed by atoms with Crippen LogP contribution >= 0.6 is 11.3 Å². The maximum absolute atomic E-state index is 12.3. The molecule has 3 aromatic rings. The van der Waals surface area contributed by atoms with E-state index in [1.54, 1.807) is 30.3 Å². The molecule has 0 atom stereocenters. The number of nitrogens with zero attached hydrogens (tertiary/aromatic N) is 1. The maximum Gasteiger partial charge on any atom is 0.255 e. The number of benzene rings is 2. The van der Waals surface area contributed by atoms with Crippen molar-refractivity contribution in [2.45, 2.75) is 6.61 Å². The van der Waals surface area contributed by atoms with Crippen molar-refractivity contribution in [1.29, 1.82) is 0 Å². The summed E-state index contributed by atoms with van der Waals surface area (Å²) in [6.07, 6.45) is 0. The van der Waals surface area contributed by atoms with Crippen LogP contribution in [0.1, 0.15) is 15.9 Å². The number of nitrogens with one attached hydrogen (secondary N) is 1. The zero-order chi connectivity index (χ0) is 14.8. The van der Waals surface area contributed by atoms with Crippen LogP contribution in [0.4, 0.5) is 10.8 Å². The third-order valence-corrected chi connectivity index (χ3v) is 3.95. The van der Waals surface area contributed by atoms with Crippen molar-refractivity contribution in [2.75, 3.05) is 11.1 Å². The molecule has 21 heavy (non-hydrogen) atoms. The van der Waals surface area contributed by atoms with Gasteiger partial charge >= 0.3 is 0 Å². The van der Waals surface area contributed by atoms with Crippen LogP contribution in [0.5, 0.6) is 0 Å². The van der Waals surface area contributed by atoms with E-state index in [4.69, 9.17) is 5.73 Å². The first kappa shape index (κ1) is 13.5. The van der Waals surface area contributed by atoms with Crippen molar-refractivity contribution >= 4 is 38.3 Å². The van der Waals surface area contributed by atoms with Gasteiger partial charge in [-0.05, 0) is 24.3 Å². The molecule has 1 aromatic heterocycles. The van der Waals surface area contributed by atoms with Gasteiger partial charge in [-0.15, -0.1) is 0 Å². The van der Waals surface area contributed by atoms with Crippen molar-refractivity contribution < 1.29 is 9.90 Å². The lowest BCUT2D eigenvalue weighted by Gasteiger charge is -2.09. The summed E-state index contributed by atoms with van der Waals surface area (Å²) in [5.74, 6) is -0.232. The van der Waals surface area contributed by atoms with Gasteiger partial charge in [0.05, 0.1) is 16.8 Å². The largest absolute Gasteiger partial charge is 0.392 e. The SMILES string of the molecule is Nc1nc2ccc(C(=O)Nc3ccccc3CO)cc2s1. The Morgan fingerprint density at radius 2 is 2.10 bits per heavy atom. The van der Waals surface area contributed by atoms with E-state index in [2.05, 4.69) is 10.3 Å². The van der Waals surface area contributed by atoms with Crippen molar-refractivity contribution in [3.05, 3.63) is 53.6 Å². The molecule has 5 nitrogen and oxygen atoms in total. The lowest BCUT2D eigenvalue weighted by molar-refractivity contribution is 0.102. The second-order valence-electron chi connectivity index (χ2n) is 4.50. The van der Waals surface area contributed by atoms with E-state index in [-0.39, 0.29) is 12.5 Å². The standard InChI is InChI=1S/C15H13N3O2S/c16-15-18-12-6-5-9(7-13(12)21-15)14(20)17-11-4-2-1-3-10(11)8-19/h1-7,19H,8H2,(H2,16,18)(H,17,20). The molecule has 0 spiro atoms. The number of rotatable bonds is 3. The van der Waals surface area contributed by atoms with Gasteiger partial charge in [0.1, 0.15) is 0 Å². The highest BCUT2D eigenvalue weighted by Crippen LogP contribution is 2.25. The van der Waals surface area contributed by atoms with Gasteiger partial charge in [0, 0.05) is 16.8 Å². The Bertz CT molecular complexity index is 814. The van der Waals surface area contributed by atoms with Gasteiger partial charge < -0.3 is 16.2 Å². The van der Waals surface area contributed by atoms with Crippen molar-refractivity contribution in [3.8, 4) is 0 Å². The van der Waals surface area contributed by atoms with Crippen LogP contribution in [0, 0.1) is 0 Å². The second-order valence-corrected chi connectivity index (χ2v) is 5.57. The summed E-state index contributed by atoms with van der Waals surface area (Å²) < 4.78 is 0.871. The number of nitrogen functional groups attached to an aromatic ring is 1. The first-order valence-corrected chi connectivity index (χ1v) is 7.15. The van der Waals surface area contributed by atoms with Gasteiger partial charge in [-0.2, -0.15) is 0 Å². The van der Waals surface area contributed by atoms with Gasteiger partial charge in [-0.25, -0.2) is 4.98 Å². The Morgan fingerprint density at radius 1 is 1.29 bits per heavy atom. The number of hydrogen-bond acceptors (Lipinski definition) is 5. The molecule has 0 radical (unpaired) electrons. The van der Waals surface area contributed by atoms with E-state index in [1.165, 1.54) is 11.3 Å². The smallest absolute Gasteiger partial charge is 0.255 e. The fourth-order valence-electron chi connectivity index (χ4n) is 2.06. The predicted octanol–water partition coefficient (Wildman–Crippen LogP) is 2.62. The third-order valence-electron chi connectivity index (χ3n) is 3.10. The average Bonchev–Trinajstić information content (AvgIpc) is 2.86. The van der Waals surface area contributed by atoms with Crippen LogP contribution in [0.25, 0.3) is 10.2 Å². The highest BCUT2D eigenvalue weighted by atomic mass is 32.1. The molecule has 0 saturated carbocycles. The molecule has 0 bridgehead atoms. The molecule has 6 heteroatoms. The number of aromatic nitrogens is 1. The molecule has 1 amide bonds. The number of anilines is 2. The fourth-order valence-corrected chi connectivity index (χ4v) is 2.83. The molecule has 2 aromatic carbocycles. The molecular formula is C15H13N3O2S. The van der Waals surface area contributed by atoms with Crippen LogP contribution in [0.3, 0.4) is 0 Å². The summed E-state index contributed by atoms with van der Waals surface area (Å²) in [5, 5.41) is 12.6. The van der Waals surface area contributed by atoms with Gasteiger partial charge in [0.15, 0.2) is 5.13 Å². The van der Waals surface area contributed by atoms with Crippen LogP contribution in [0.2, 0.25) is 0 Å². The molecule has 106 valence electrons. The summed E-state index contributed by atoms with van der Waals surface area (Å²) in [6, 6.07) is 12.4. The quantitative estimate of drug-likeness (QED) is 0.693. The number of aliphatic hydroxyl groups is 1. The minimum atomic E-state index is -0.232. The first-order valence-electron chi connectivity index (χ1n) is 6.33. The van der Waals surface area contributed by atoms with Crippen molar-refractivity contribution in [3.63, 3.8) is 0 Å². The monoisotopic (exact) mass is 299 g/mol. The van der Waals surface area contributed by atoms with Crippen LogP contribution in [0.15, 0.2) is 42.5 Å². The van der Waals surface area contributed by atoms with Crippen molar-refractivity contribution in [1.82, 2.24) is 4.98 Å².